The van der Waals surface area contributed by atoms with Crippen LogP contribution in [0.1, 0.15) is 30.4 Å². The highest BCUT2D eigenvalue weighted by atomic mass is 16.2. The van der Waals surface area contributed by atoms with E-state index >= 15 is 0 Å². The van der Waals surface area contributed by atoms with Gasteiger partial charge in [-0.25, -0.2) is 0 Å². The van der Waals surface area contributed by atoms with E-state index in [4.69, 9.17) is 11.0 Å². The van der Waals surface area contributed by atoms with Gasteiger partial charge >= 0.3 is 0 Å². The van der Waals surface area contributed by atoms with Crippen molar-refractivity contribution in [3.05, 3.63) is 83.9 Å². The summed E-state index contributed by atoms with van der Waals surface area (Å²) in [6.07, 6.45) is 6.10. The number of carbonyl (C=O) groups is 1. The van der Waals surface area contributed by atoms with Crippen LogP contribution in [0.4, 0.5) is 0 Å². The van der Waals surface area contributed by atoms with Crippen LogP contribution in [0.2, 0.25) is 0 Å². The highest BCUT2D eigenvalue weighted by Crippen LogP contribution is 2.14. The molecule has 0 spiro atoms. The van der Waals surface area contributed by atoms with Crippen LogP contribution in [-0.2, 0) is 17.9 Å². The SMILES string of the molecule is N#C[C@@H]1C=CCN1C(=O)C(N)CCCCN(Cc1ccccc1)Cc1ccccc1. The van der Waals surface area contributed by atoms with Crippen LogP contribution in [0.15, 0.2) is 72.8 Å². The van der Waals surface area contributed by atoms with E-state index in [-0.39, 0.29) is 5.91 Å². The number of hydrogen-bond donors (Lipinski definition) is 1. The summed E-state index contributed by atoms with van der Waals surface area (Å²) >= 11 is 0. The Balaban J connectivity index is 1.48. The molecule has 0 saturated carbocycles. The largest absolute Gasteiger partial charge is 0.320 e. The van der Waals surface area contributed by atoms with E-state index in [1.54, 1.807) is 11.0 Å². The van der Waals surface area contributed by atoms with E-state index < -0.39 is 12.1 Å². The molecule has 1 aliphatic rings. The lowest BCUT2D eigenvalue weighted by Gasteiger charge is -2.24. The smallest absolute Gasteiger partial charge is 0.241 e. The Kier molecular flexibility index (Phi) is 8.20. The molecule has 0 radical (unpaired) electrons. The van der Waals surface area contributed by atoms with E-state index in [9.17, 15) is 4.79 Å². The number of hydrogen-bond acceptors (Lipinski definition) is 4. The summed E-state index contributed by atoms with van der Waals surface area (Å²) in [5.41, 5.74) is 8.73. The first kappa shape index (κ1) is 21.8. The standard InChI is InChI=1S/C25H30N4O/c26-18-23-14-9-17-29(23)25(30)24(27)15-7-8-16-28(19-21-10-3-1-4-11-21)20-22-12-5-2-6-13-22/h1-6,9-14,23-24H,7-8,15-17,19-20,27H2/t23-,24?/m0/s1. The maximum Gasteiger partial charge on any atom is 0.241 e. The van der Waals surface area contributed by atoms with Gasteiger partial charge in [0.2, 0.25) is 5.91 Å². The Hall–Kier alpha value is -2.94. The van der Waals surface area contributed by atoms with Crippen molar-refractivity contribution < 1.29 is 4.79 Å². The number of unbranched alkanes of at least 4 members (excludes halogenated alkanes) is 1. The number of amides is 1. The van der Waals surface area contributed by atoms with Crippen LogP contribution in [0.3, 0.4) is 0 Å². The molecule has 0 saturated heterocycles. The molecule has 0 aliphatic carbocycles. The molecule has 2 N–H and O–H groups in total. The van der Waals surface area contributed by atoms with Crippen molar-refractivity contribution >= 4 is 5.91 Å². The average molecular weight is 403 g/mol. The Labute approximate surface area is 179 Å². The number of nitrogens with two attached hydrogens (primary N) is 1. The van der Waals surface area contributed by atoms with E-state index in [1.807, 2.05) is 18.2 Å². The summed E-state index contributed by atoms with van der Waals surface area (Å²) in [7, 11) is 0. The second kappa shape index (κ2) is 11.3. The number of nitriles is 1. The van der Waals surface area contributed by atoms with Gasteiger partial charge in [0, 0.05) is 19.6 Å². The molecule has 0 bridgehead atoms. The van der Waals surface area contributed by atoms with Crippen LogP contribution in [0, 0.1) is 11.3 Å². The molecule has 1 heterocycles. The van der Waals surface area contributed by atoms with E-state index in [2.05, 4.69) is 59.5 Å². The van der Waals surface area contributed by atoms with E-state index in [1.165, 1.54) is 11.1 Å². The molecule has 2 aromatic rings. The third kappa shape index (κ3) is 6.28. The molecule has 30 heavy (non-hydrogen) atoms. The van der Waals surface area contributed by atoms with Gasteiger partial charge in [0.1, 0.15) is 6.04 Å². The summed E-state index contributed by atoms with van der Waals surface area (Å²) in [6.45, 7) is 3.21. The monoisotopic (exact) mass is 402 g/mol. The second-order valence-electron chi connectivity index (χ2n) is 7.78. The molecule has 2 aromatic carbocycles. The quantitative estimate of drug-likeness (QED) is 0.488. The van der Waals surface area contributed by atoms with Crippen molar-refractivity contribution in [3.63, 3.8) is 0 Å². The highest BCUT2D eigenvalue weighted by molar-refractivity contribution is 5.83. The molecule has 156 valence electrons. The molecule has 0 aromatic heterocycles. The lowest BCUT2D eigenvalue weighted by molar-refractivity contribution is -0.132. The first-order valence-corrected chi connectivity index (χ1v) is 10.6. The number of carbonyl (C=O) groups excluding carboxylic acids is 1. The Morgan fingerprint density at radius 2 is 1.67 bits per heavy atom. The first-order valence-electron chi connectivity index (χ1n) is 10.6. The van der Waals surface area contributed by atoms with Gasteiger partial charge in [-0.05, 0) is 36.6 Å². The van der Waals surface area contributed by atoms with Crippen LogP contribution >= 0.6 is 0 Å². The average Bonchev–Trinajstić information content (AvgIpc) is 3.26. The Morgan fingerprint density at radius 1 is 1.07 bits per heavy atom. The molecule has 2 atom stereocenters. The third-order valence-electron chi connectivity index (χ3n) is 5.43. The van der Waals surface area contributed by atoms with Gasteiger partial charge in [-0.15, -0.1) is 0 Å². The minimum absolute atomic E-state index is 0.128. The fourth-order valence-electron chi connectivity index (χ4n) is 3.79. The summed E-state index contributed by atoms with van der Waals surface area (Å²) in [6, 6.07) is 22.1. The van der Waals surface area contributed by atoms with Crippen molar-refractivity contribution in [2.45, 2.75) is 44.4 Å². The van der Waals surface area contributed by atoms with Gasteiger partial charge in [0.15, 0.2) is 0 Å². The molecule has 5 heteroatoms. The van der Waals surface area contributed by atoms with Crippen LogP contribution in [0.25, 0.3) is 0 Å². The zero-order chi connectivity index (χ0) is 21.2. The Bertz CT molecular complexity index is 818. The maximum absolute atomic E-state index is 12.5. The molecule has 1 amide bonds. The normalized spacial score (nSPS) is 16.6. The first-order chi connectivity index (χ1) is 14.7. The predicted octanol–water partition coefficient (Wildman–Crippen LogP) is 3.48. The maximum atomic E-state index is 12.5. The summed E-state index contributed by atoms with van der Waals surface area (Å²) in [5.74, 6) is -0.128. The van der Waals surface area contributed by atoms with Crippen molar-refractivity contribution in [1.29, 1.82) is 5.26 Å². The Morgan fingerprint density at radius 3 is 2.23 bits per heavy atom. The highest BCUT2D eigenvalue weighted by Gasteiger charge is 2.28. The van der Waals surface area contributed by atoms with Crippen LogP contribution in [0.5, 0.6) is 0 Å². The summed E-state index contributed by atoms with van der Waals surface area (Å²) in [5, 5.41) is 9.14. The molecule has 0 fully saturated rings. The van der Waals surface area contributed by atoms with Crippen molar-refractivity contribution in [2.24, 2.45) is 5.73 Å². The topological polar surface area (TPSA) is 73.4 Å². The fraction of sp³-hybridized carbons (Fsp3) is 0.360. The summed E-state index contributed by atoms with van der Waals surface area (Å²) in [4.78, 5) is 16.5. The lowest BCUT2D eigenvalue weighted by Crippen LogP contribution is -2.46. The lowest BCUT2D eigenvalue weighted by atomic mass is 10.1. The zero-order valence-electron chi connectivity index (χ0n) is 17.4. The van der Waals surface area contributed by atoms with Crippen LogP contribution in [-0.4, -0.2) is 40.9 Å². The number of rotatable bonds is 10. The molecular formula is C25H30N4O. The van der Waals surface area contributed by atoms with E-state index in [0.29, 0.717) is 13.0 Å². The molecular weight excluding hydrogens is 372 g/mol. The second-order valence-corrected chi connectivity index (χ2v) is 7.78. The van der Waals surface area contributed by atoms with Crippen molar-refractivity contribution in [3.8, 4) is 6.07 Å². The molecule has 1 aliphatic heterocycles. The van der Waals surface area contributed by atoms with E-state index in [0.717, 1.165) is 32.5 Å². The minimum atomic E-state index is -0.544. The minimum Gasteiger partial charge on any atom is -0.320 e. The van der Waals surface area contributed by atoms with Gasteiger partial charge in [-0.3, -0.25) is 9.69 Å². The fourth-order valence-corrected chi connectivity index (χ4v) is 3.79. The zero-order valence-corrected chi connectivity index (χ0v) is 17.4. The molecule has 3 rings (SSSR count). The summed E-state index contributed by atoms with van der Waals surface area (Å²) < 4.78 is 0. The molecule has 1 unspecified atom stereocenters. The van der Waals surface area contributed by atoms with Gasteiger partial charge in [-0.2, -0.15) is 5.26 Å². The predicted molar refractivity (Wildman–Crippen MR) is 119 cm³/mol. The van der Waals surface area contributed by atoms with Crippen molar-refractivity contribution in [1.82, 2.24) is 9.80 Å². The van der Waals surface area contributed by atoms with Gasteiger partial charge in [0.05, 0.1) is 12.1 Å². The number of benzene rings is 2. The van der Waals surface area contributed by atoms with Gasteiger partial charge in [-0.1, -0.05) is 73.2 Å². The third-order valence-corrected chi connectivity index (χ3v) is 5.43. The van der Waals surface area contributed by atoms with Gasteiger partial charge < -0.3 is 10.6 Å². The number of nitrogens with zero attached hydrogens (tertiary/aromatic N) is 3. The molecule has 5 nitrogen and oxygen atoms in total. The van der Waals surface area contributed by atoms with Crippen molar-refractivity contribution in [2.75, 3.05) is 13.1 Å². The van der Waals surface area contributed by atoms with Crippen LogP contribution < -0.4 is 5.73 Å². The van der Waals surface area contributed by atoms with Gasteiger partial charge in [0.25, 0.3) is 0 Å².